The predicted molar refractivity (Wildman–Crippen MR) is 126 cm³/mol. The first-order valence-corrected chi connectivity index (χ1v) is 11.2. The molecule has 12 heteroatoms. The van der Waals surface area contributed by atoms with E-state index in [1.807, 2.05) is 0 Å². The summed E-state index contributed by atoms with van der Waals surface area (Å²) in [6.45, 7) is 1.47. The van der Waals surface area contributed by atoms with Gasteiger partial charge in [-0.2, -0.15) is 0 Å². The zero-order valence-corrected chi connectivity index (χ0v) is 18.7. The number of nitrogen functional groups attached to an aromatic ring is 1. The fourth-order valence-corrected chi connectivity index (χ4v) is 4.36. The van der Waals surface area contributed by atoms with Gasteiger partial charge in [-0.05, 0) is 51.2 Å². The Morgan fingerprint density at radius 1 is 1.15 bits per heavy atom. The second-order valence-electron chi connectivity index (χ2n) is 7.61. The number of carbonyl (C=O) groups excluding carboxylic acids is 2. The lowest BCUT2D eigenvalue weighted by atomic mass is 9.87. The maximum absolute atomic E-state index is 13.1. The molecule has 33 heavy (non-hydrogen) atoms. The number of hydrogen-bond donors (Lipinski definition) is 6. The van der Waals surface area contributed by atoms with Gasteiger partial charge in [0.2, 0.25) is 5.91 Å². The summed E-state index contributed by atoms with van der Waals surface area (Å²) in [4.78, 5) is 37.8. The molecule has 0 bridgehead atoms. The lowest BCUT2D eigenvalue weighted by Crippen LogP contribution is -2.58. The first-order valence-electron chi connectivity index (χ1n) is 10.3. The number of carbonyl (C=O) groups is 2. The van der Waals surface area contributed by atoms with E-state index < -0.39 is 11.4 Å². The number of likely N-dealkylation sites (N-methyl/N-ethyl adjacent to an activating group) is 1. The fourth-order valence-electron chi connectivity index (χ4n) is 3.59. The van der Waals surface area contributed by atoms with Crippen molar-refractivity contribution in [1.29, 1.82) is 0 Å². The Bertz CT molecular complexity index is 1160. The second-order valence-corrected chi connectivity index (χ2v) is 8.46. The summed E-state index contributed by atoms with van der Waals surface area (Å²) in [5.74, 6) is -0.626. The van der Waals surface area contributed by atoms with Crippen molar-refractivity contribution >= 4 is 40.2 Å². The molecule has 2 amide bonds. The molecule has 4 rings (SSSR count). The van der Waals surface area contributed by atoms with Gasteiger partial charge in [0.25, 0.3) is 5.91 Å². The summed E-state index contributed by atoms with van der Waals surface area (Å²) in [5.41, 5.74) is 7.25. The number of aromatic nitrogens is 3. The molecule has 1 fully saturated rings. The predicted octanol–water partition coefficient (Wildman–Crippen LogP) is 1.42. The normalized spacial score (nSPS) is 15.1. The maximum Gasteiger partial charge on any atom is 0.313 e. The molecule has 11 nitrogen and oxygen atoms in total. The number of nitrogens with one attached hydrogen (secondary N) is 4. The van der Waals surface area contributed by atoms with E-state index in [1.165, 1.54) is 23.7 Å². The molecule has 1 aliphatic heterocycles. The lowest BCUT2D eigenvalue weighted by Gasteiger charge is -2.36. The van der Waals surface area contributed by atoms with Crippen LogP contribution in [-0.4, -0.2) is 57.5 Å². The lowest BCUT2D eigenvalue weighted by molar-refractivity contribution is -0.123. The van der Waals surface area contributed by atoms with E-state index in [9.17, 15) is 14.7 Å². The Balaban J connectivity index is 1.52. The minimum Gasteiger partial charge on any atom is -0.479 e. The number of thiazole rings is 1. The van der Waals surface area contributed by atoms with Gasteiger partial charge in [0.15, 0.2) is 0 Å². The number of rotatable bonds is 6. The summed E-state index contributed by atoms with van der Waals surface area (Å²) in [7, 11) is 1.77. The Kier molecular flexibility index (Phi) is 6.49. The van der Waals surface area contributed by atoms with E-state index in [0.717, 1.165) is 13.1 Å². The van der Waals surface area contributed by atoms with Gasteiger partial charge in [0, 0.05) is 29.0 Å². The molecule has 1 aliphatic rings. The van der Waals surface area contributed by atoms with Gasteiger partial charge >= 0.3 is 6.01 Å². The largest absolute Gasteiger partial charge is 0.479 e. The Morgan fingerprint density at radius 2 is 1.88 bits per heavy atom. The van der Waals surface area contributed by atoms with Crippen molar-refractivity contribution in [2.24, 2.45) is 0 Å². The first kappa shape index (κ1) is 22.6. The summed E-state index contributed by atoms with van der Waals surface area (Å²) < 4.78 is 0. The minimum absolute atomic E-state index is 0.171. The number of amides is 2. The van der Waals surface area contributed by atoms with Crippen LogP contribution in [0, 0.1) is 0 Å². The quantitative estimate of drug-likeness (QED) is 0.293. The molecule has 0 atom stereocenters. The number of nitrogens with zero attached hydrogens (tertiary/aromatic N) is 3. The van der Waals surface area contributed by atoms with E-state index in [4.69, 9.17) is 5.73 Å². The Hall–Kier alpha value is -3.61. The van der Waals surface area contributed by atoms with Crippen LogP contribution in [-0.2, 0) is 4.79 Å². The first-order chi connectivity index (χ1) is 15.9. The second kappa shape index (κ2) is 9.48. The van der Waals surface area contributed by atoms with E-state index in [2.05, 4.69) is 36.2 Å². The number of aromatic hydroxyl groups is 1. The van der Waals surface area contributed by atoms with Crippen LogP contribution in [0.5, 0.6) is 6.01 Å². The highest BCUT2D eigenvalue weighted by Gasteiger charge is 2.38. The maximum atomic E-state index is 13.1. The number of benzene rings is 1. The molecule has 0 aliphatic carbocycles. The molecule has 1 saturated heterocycles. The van der Waals surface area contributed by atoms with E-state index in [-0.39, 0.29) is 17.6 Å². The molecule has 3 aromatic rings. The van der Waals surface area contributed by atoms with Crippen LogP contribution in [0.4, 0.5) is 17.1 Å². The summed E-state index contributed by atoms with van der Waals surface area (Å²) in [6, 6.07) is 4.57. The number of nitrogens with two attached hydrogens (primary N) is 1. The van der Waals surface area contributed by atoms with Crippen molar-refractivity contribution in [2.45, 2.75) is 18.4 Å². The van der Waals surface area contributed by atoms with Crippen LogP contribution in [0.2, 0.25) is 0 Å². The van der Waals surface area contributed by atoms with Crippen molar-refractivity contribution in [3.05, 3.63) is 41.7 Å². The average Bonchev–Trinajstić information content (AvgIpc) is 3.32. The van der Waals surface area contributed by atoms with Crippen LogP contribution >= 0.6 is 11.3 Å². The molecular formula is C21H24N8O3S. The highest BCUT2D eigenvalue weighted by molar-refractivity contribution is 7.13. The third kappa shape index (κ3) is 4.92. The summed E-state index contributed by atoms with van der Waals surface area (Å²) in [5, 5.41) is 23.5. The van der Waals surface area contributed by atoms with Crippen molar-refractivity contribution in [2.75, 3.05) is 36.5 Å². The molecule has 0 saturated carbocycles. The molecule has 0 radical (unpaired) electrons. The SMILES string of the molecule is CNC1(C(=O)Nc2ccc(N)cc2NC(=O)c2csc(-c3cnc(O)nc3)n2)CCNCC1. The van der Waals surface area contributed by atoms with E-state index >= 15 is 0 Å². The van der Waals surface area contributed by atoms with Gasteiger partial charge in [-0.25, -0.2) is 15.0 Å². The number of hydrogen-bond acceptors (Lipinski definition) is 10. The summed E-state index contributed by atoms with van der Waals surface area (Å²) in [6.07, 6.45) is 4.14. The molecule has 172 valence electrons. The number of piperidine rings is 1. The van der Waals surface area contributed by atoms with Gasteiger partial charge in [0.05, 0.1) is 11.4 Å². The molecule has 1 aromatic carbocycles. The highest BCUT2D eigenvalue weighted by atomic mass is 32.1. The molecular weight excluding hydrogens is 444 g/mol. The van der Waals surface area contributed by atoms with Crippen LogP contribution < -0.4 is 27.0 Å². The average molecular weight is 469 g/mol. The minimum atomic E-state index is -0.691. The zero-order valence-electron chi connectivity index (χ0n) is 17.9. The molecule has 0 spiro atoms. The highest BCUT2D eigenvalue weighted by Crippen LogP contribution is 2.29. The molecule has 3 heterocycles. The Morgan fingerprint density at radius 3 is 2.58 bits per heavy atom. The molecule has 7 N–H and O–H groups in total. The van der Waals surface area contributed by atoms with Gasteiger partial charge in [-0.3, -0.25) is 9.59 Å². The van der Waals surface area contributed by atoms with Crippen LogP contribution in [0.15, 0.2) is 36.0 Å². The standard InChI is InChI=1S/C21H24N8O3S/c1-23-21(4-6-24-7-5-21)19(31)29-14-3-2-13(22)8-15(14)27-17(30)16-11-33-18(28-16)12-9-25-20(32)26-10-12/h2-3,8-11,23-24H,4-7,22H2,1H3,(H,27,30)(H,29,31)(H,25,26,32). The number of anilines is 3. The van der Waals surface area contributed by atoms with Crippen molar-refractivity contribution in [3.8, 4) is 16.6 Å². The zero-order chi connectivity index (χ0) is 23.4. The van der Waals surface area contributed by atoms with Crippen LogP contribution in [0.3, 0.4) is 0 Å². The summed E-state index contributed by atoms with van der Waals surface area (Å²) >= 11 is 1.24. The van der Waals surface area contributed by atoms with Crippen molar-refractivity contribution < 1.29 is 14.7 Å². The van der Waals surface area contributed by atoms with Crippen LogP contribution in [0.1, 0.15) is 23.3 Å². The van der Waals surface area contributed by atoms with Crippen molar-refractivity contribution in [1.82, 2.24) is 25.6 Å². The van der Waals surface area contributed by atoms with Gasteiger partial charge in [-0.1, -0.05) is 0 Å². The van der Waals surface area contributed by atoms with E-state index in [0.29, 0.717) is 40.5 Å². The van der Waals surface area contributed by atoms with Gasteiger partial charge in [0.1, 0.15) is 16.2 Å². The van der Waals surface area contributed by atoms with Gasteiger partial charge in [-0.15, -0.1) is 11.3 Å². The van der Waals surface area contributed by atoms with Gasteiger partial charge < -0.3 is 32.1 Å². The third-order valence-corrected chi connectivity index (χ3v) is 6.42. The fraction of sp³-hybridized carbons (Fsp3) is 0.286. The van der Waals surface area contributed by atoms with Crippen LogP contribution in [0.25, 0.3) is 10.6 Å². The smallest absolute Gasteiger partial charge is 0.313 e. The Labute approximate surface area is 193 Å². The van der Waals surface area contributed by atoms with Crippen molar-refractivity contribution in [3.63, 3.8) is 0 Å². The third-order valence-electron chi connectivity index (χ3n) is 5.53. The topological polar surface area (TPSA) is 167 Å². The monoisotopic (exact) mass is 468 g/mol. The molecule has 0 unspecified atom stereocenters. The molecule has 2 aromatic heterocycles. The van der Waals surface area contributed by atoms with E-state index in [1.54, 1.807) is 30.6 Å².